The van der Waals surface area contributed by atoms with Gasteiger partial charge in [0.25, 0.3) is 0 Å². The number of aryl methyl sites for hydroxylation is 1. The third-order valence-corrected chi connectivity index (χ3v) is 7.29. The molecule has 1 aliphatic carbocycles. The van der Waals surface area contributed by atoms with E-state index in [2.05, 4.69) is 53.5 Å². The number of benzene rings is 2. The summed E-state index contributed by atoms with van der Waals surface area (Å²) < 4.78 is 50.9. The van der Waals surface area contributed by atoms with E-state index in [0.29, 0.717) is 56.4 Å². The molecule has 4 aromatic rings. The highest BCUT2D eigenvalue weighted by atomic mass is 16.3. The van der Waals surface area contributed by atoms with Crippen molar-refractivity contribution in [2.75, 3.05) is 0 Å². The minimum absolute atomic E-state index is 0.0568. The quantitative estimate of drug-likeness (QED) is 0.299. The topological polar surface area (TPSA) is 26.0 Å². The normalized spacial score (nSPS) is 19.4. The lowest BCUT2D eigenvalue weighted by atomic mass is 9.60. The molecule has 34 heavy (non-hydrogen) atoms. The van der Waals surface area contributed by atoms with Crippen molar-refractivity contribution >= 4 is 21.9 Å². The Morgan fingerprint density at radius 2 is 1.59 bits per heavy atom. The van der Waals surface area contributed by atoms with Gasteiger partial charge in [0, 0.05) is 28.1 Å². The van der Waals surface area contributed by atoms with Gasteiger partial charge in [-0.25, -0.2) is 0 Å². The number of hydrogen-bond donors (Lipinski definition) is 0. The van der Waals surface area contributed by atoms with Gasteiger partial charge in [-0.1, -0.05) is 65.6 Å². The minimum atomic E-state index is -0.211. The summed E-state index contributed by atoms with van der Waals surface area (Å²) in [7, 11) is 0. The molecule has 0 saturated heterocycles. The molecular weight excluding hydrogens is 414 g/mol. The molecule has 0 fully saturated rings. The summed E-state index contributed by atoms with van der Waals surface area (Å²) in [5.74, 6) is 0. The third-order valence-electron chi connectivity index (χ3n) is 7.29. The van der Waals surface area contributed by atoms with Crippen LogP contribution in [-0.2, 0) is 17.3 Å². The van der Waals surface area contributed by atoms with Crippen LogP contribution in [0.1, 0.15) is 96.0 Å². The molecule has 0 spiro atoms. The van der Waals surface area contributed by atoms with Crippen LogP contribution in [0, 0.1) is 19.3 Å². The van der Waals surface area contributed by atoms with Gasteiger partial charge in [0.05, 0.1) is 6.85 Å². The van der Waals surface area contributed by atoms with Gasteiger partial charge >= 0.3 is 0 Å². The van der Waals surface area contributed by atoms with Crippen molar-refractivity contribution in [3.63, 3.8) is 0 Å². The molecule has 0 atom stereocenters. The lowest BCUT2D eigenvalue weighted by Crippen LogP contribution is -2.35. The highest BCUT2D eigenvalue weighted by Crippen LogP contribution is 2.52. The van der Waals surface area contributed by atoms with E-state index in [-0.39, 0.29) is 34.5 Å². The van der Waals surface area contributed by atoms with Crippen LogP contribution in [0.3, 0.4) is 0 Å². The number of pyridine rings is 1. The van der Waals surface area contributed by atoms with Crippen molar-refractivity contribution in [3.05, 3.63) is 64.2 Å². The van der Waals surface area contributed by atoms with Crippen molar-refractivity contribution in [1.29, 1.82) is 0 Å². The first kappa shape index (κ1) is 17.8. The Morgan fingerprint density at radius 1 is 0.912 bits per heavy atom. The molecule has 5 rings (SSSR count). The monoisotopic (exact) mass is 458 g/mol. The van der Waals surface area contributed by atoms with Gasteiger partial charge in [-0.2, -0.15) is 0 Å². The van der Waals surface area contributed by atoms with Crippen molar-refractivity contribution in [2.45, 2.75) is 92.4 Å². The molecular formula is C32H39NO. The Bertz CT molecular complexity index is 1690. The lowest BCUT2D eigenvalue weighted by Gasteiger charge is -2.43. The molecule has 0 N–H and O–H groups in total. The van der Waals surface area contributed by atoms with E-state index in [4.69, 9.17) is 9.90 Å². The van der Waals surface area contributed by atoms with Crippen molar-refractivity contribution in [2.24, 2.45) is 5.41 Å². The van der Waals surface area contributed by atoms with E-state index >= 15 is 0 Å². The number of nitrogens with zero attached hydrogens (tertiary/aromatic N) is 1. The van der Waals surface area contributed by atoms with Crippen LogP contribution in [0.4, 0.5) is 0 Å². The van der Waals surface area contributed by atoms with Crippen LogP contribution in [-0.4, -0.2) is 4.98 Å². The average Bonchev–Trinajstić information content (AvgIpc) is 3.22. The van der Waals surface area contributed by atoms with Gasteiger partial charge in [0.2, 0.25) is 0 Å². The summed E-state index contributed by atoms with van der Waals surface area (Å²) >= 11 is 0. The van der Waals surface area contributed by atoms with E-state index < -0.39 is 0 Å². The smallest absolute Gasteiger partial charge is 0.161 e. The number of rotatable bonds is 2. The second-order valence-electron chi connectivity index (χ2n) is 12.7. The van der Waals surface area contributed by atoms with Crippen LogP contribution in [0.5, 0.6) is 0 Å². The first-order valence-corrected chi connectivity index (χ1v) is 12.3. The van der Waals surface area contributed by atoms with E-state index in [0.717, 1.165) is 30.4 Å². The molecule has 2 nitrogen and oxygen atoms in total. The Balaban J connectivity index is 2.05. The van der Waals surface area contributed by atoms with Crippen molar-refractivity contribution in [3.8, 4) is 11.3 Å². The van der Waals surface area contributed by atoms with Gasteiger partial charge < -0.3 is 4.42 Å². The molecule has 0 amide bonds. The van der Waals surface area contributed by atoms with Crippen molar-refractivity contribution in [1.82, 2.24) is 4.98 Å². The molecule has 1 aliphatic rings. The highest BCUT2D eigenvalue weighted by molar-refractivity contribution is 6.10. The summed E-state index contributed by atoms with van der Waals surface area (Å²) in [5.41, 5.74) is 5.88. The summed E-state index contributed by atoms with van der Waals surface area (Å²) in [6.45, 7) is 19.1. The Hall–Kier alpha value is -2.61. The molecule has 0 saturated carbocycles. The van der Waals surface area contributed by atoms with Gasteiger partial charge in [0.15, 0.2) is 5.58 Å². The zero-order valence-electron chi connectivity index (χ0n) is 27.1. The molecule has 2 aromatic heterocycles. The minimum Gasteiger partial charge on any atom is -0.453 e. The second kappa shape index (κ2) is 7.44. The van der Waals surface area contributed by atoms with E-state index in [1.165, 1.54) is 5.56 Å². The highest BCUT2D eigenvalue weighted by Gasteiger charge is 2.42. The summed E-state index contributed by atoms with van der Waals surface area (Å²) in [4.78, 5) is 4.47. The number of furan rings is 1. The first-order valence-electron chi connectivity index (χ1n) is 14.8. The average molecular weight is 459 g/mol. The molecule has 0 aliphatic heterocycles. The van der Waals surface area contributed by atoms with Gasteiger partial charge in [-0.15, -0.1) is 0 Å². The molecule has 2 aromatic carbocycles. The molecule has 0 radical (unpaired) electrons. The van der Waals surface area contributed by atoms with Crippen LogP contribution >= 0.6 is 0 Å². The van der Waals surface area contributed by atoms with Crippen LogP contribution < -0.4 is 0 Å². The molecule has 2 heteroatoms. The Labute approximate surface area is 211 Å². The number of hydrogen-bond acceptors (Lipinski definition) is 2. The Morgan fingerprint density at radius 3 is 2.26 bits per heavy atom. The van der Waals surface area contributed by atoms with Gasteiger partial charge in [0.1, 0.15) is 11.3 Å². The van der Waals surface area contributed by atoms with Gasteiger partial charge in [-0.3, -0.25) is 4.98 Å². The van der Waals surface area contributed by atoms with Crippen LogP contribution in [0.25, 0.3) is 33.2 Å². The maximum absolute atomic E-state index is 9.56. The number of aromatic nitrogens is 1. The number of fused-ring (bicyclic) bond motifs is 5. The van der Waals surface area contributed by atoms with Crippen molar-refractivity contribution < 1.29 is 11.3 Å². The fourth-order valence-electron chi connectivity index (χ4n) is 5.74. The fraction of sp³-hybridized carbons (Fsp3) is 0.469. The molecule has 2 heterocycles. The predicted octanol–water partition coefficient (Wildman–Crippen LogP) is 9.20. The predicted molar refractivity (Wildman–Crippen MR) is 145 cm³/mol. The third kappa shape index (κ3) is 3.76. The molecule has 0 unspecified atom stereocenters. The lowest BCUT2D eigenvalue weighted by molar-refractivity contribution is 0.324. The van der Waals surface area contributed by atoms with E-state index in [1.807, 2.05) is 6.92 Å². The SMILES string of the molecule is [2H]c1nc(-c2cc(C)c([2H])c(C)c2[2H])c2oc3c4c(c(CC(C)(C)C)c([2H])c3c2c1[2H])C(C)(C)CCC4(C)C. The summed E-state index contributed by atoms with van der Waals surface area (Å²) in [5, 5.41) is 1.000. The van der Waals surface area contributed by atoms with Crippen LogP contribution in [0.2, 0.25) is 0 Å². The maximum Gasteiger partial charge on any atom is 0.161 e. The molecule has 0 bridgehead atoms. The second-order valence-corrected chi connectivity index (χ2v) is 12.7. The summed E-state index contributed by atoms with van der Waals surface area (Å²) in [6.07, 6.45) is 2.48. The summed E-state index contributed by atoms with van der Waals surface area (Å²) in [6, 6.07) is 2.54. The Kier molecular flexibility index (Phi) is 3.89. The maximum atomic E-state index is 9.56. The van der Waals surface area contributed by atoms with Gasteiger partial charge in [-0.05, 0) is 84.7 Å². The standard InChI is InChI=1S/C32H39NO/c1-19-14-20(2)16-21(15-19)27-29-23(10-13-33-27)24-17-22(18-30(3,4)5)25-26(28(24)34-29)32(8,9)12-11-31(25,6)7/h10,13-17H,11-12,18H2,1-9H3/i10D,13D,14D,15D,17D. The largest absolute Gasteiger partial charge is 0.453 e. The van der Waals surface area contributed by atoms with Crippen LogP contribution in [0.15, 0.2) is 40.8 Å². The fourth-order valence-corrected chi connectivity index (χ4v) is 5.74. The zero-order chi connectivity index (χ0) is 29.0. The van der Waals surface area contributed by atoms with E-state index in [1.54, 1.807) is 13.0 Å². The molecule has 178 valence electrons. The first-order chi connectivity index (χ1) is 17.9. The zero-order valence-corrected chi connectivity index (χ0v) is 22.1. The van der Waals surface area contributed by atoms with E-state index in [9.17, 15) is 1.37 Å².